The summed E-state index contributed by atoms with van der Waals surface area (Å²) in [6, 6.07) is 4.42. The highest BCUT2D eigenvalue weighted by Gasteiger charge is 2.57. The van der Waals surface area contributed by atoms with E-state index in [1.54, 1.807) is 0 Å². The van der Waals surface area contributed by atoms with Crippen LogP contribution in [0.3, 0.4) is 0 Å². The van der Waals surface area contributed by atoms with Gasteiger partial charge in [-0.15, -0.1) is 5.10 Å². The Morgan fingerprint density at radius 3 is 2.70 bits per heavy atom. The van der Waals surface area contributed by atoms with Crippen LogP contribution < -0.4 is 11.1 Å². The number of rotatable bonds is 3. The Balaban J connectivity index is 1.94. The number of carbonyl (C=O) groups excluding carboxylic acids is 1. The van der Waals surface area contributed by atoms with Crippen LogP contribution in [-0.4, -0.2) is 29.9 Å². The van der Waals surface area contributed by atoms with Crippen LogP contribution in [0.5, 0.6) is 0 Å². The standard InChI is InChI=1S/C20H18F4N4O2/c1-10(29)28-20(30-19(27-28)14-6-12(21)2-3-16(14)23)11(4-5-25)9-26-18-15(20)7-13(22)8-17(18)24/h2-3,6-8,11,26H,4-5,9,25H2,1H3. The highest BCUT2D eigenvalue weighted by molar-refractivity contribution is 5.97. The fourth-order valence-corrected chi connectivity index (χ4v) is 3.99. The van der Waals surface area contributed by atoms with Gasteiger partial charge in [0.1, 0.15) is 23.3 Å². The molecule has 2 aromatic rings. The third-order valence-corrected chi connectivity index (χ3v) is 5.25. The van der Waals surface area contributed by atoms with E-state index in [0.29, 0.717) is 12.5 Å². The molecule has 30 heavy (non-hydrogen) atoms. The molecule has 3 N–H and O–H groups in total. The van der Waals surface area contributed by atoms with Gasteiger partial charge in [-0.25, -0.2) is 17.6 Å². The maximum absolute atomic E-state index is 14.5. The molecule has 4 rings (SSSR count). The molecular weight excluding hydrogens is 404 g/mol. The number of nitrogens with two attached hydrogens (primary N) is 1. The summed E-state index contributed by atoms with van der Waals surface area (Å²) in [6.45, 7) is 1.50. The van der Waals surface area contributed by atoms with Gasteiger partial charge in [0.2, 0.25) is 17.5 Å². The summed E-state index contributed by atoms with van der Waals surface area (Å²) in [7, 11) is 0. The zero-order valence-electron chi connectivity index (χ0n) is 15.9. The monoisotopic (exact) mass is 422 g/mol. The average Bonchev–Trinajstić information content (AvgIpc) is 3.08. The van der Waals surface area contributed by atoms with E-state index in [9.17, 15) is 22.4 Å². The van der Waals surface area contributed by atoms with E-state index in [1.165, 1.54) is 6.92 Å². The molecule has 0 bridgehead atoms. The highest BCUT2D eigenvalue weighted by atomic mass is 19.1. The first-order valence-corrected chi connectivity index (χ1v) is 9.25. The highest BCUT2D eigenvalue weighted by Crippen LogP contribution is 2.50. The second-order valence-electron chi connectivity index (χ2n) is 7.12. The van der Waals surface area contributed by atoms with E-state index < -0.39 is 40.8 Å². The first-order valence-electron chi connectivity index (χ1n) is 9.25. The Morgan fingerprint density at radius 2 is 2.00 bits per heavy atom. The number of hydrogen-bond donors (Lipinski definition) is 2. The second-order valence-corrected chi connectivity index (χ2v) is 7.12. The van der Waals surface area contributed by atoms with Crippen LogP contribution >= 0.6 is 0 Å². The van der Waals surface area contributed by atoms with Crippen molar-refractivity contribution < 1.29 is 27.1 Å². The van der Waals surface area contributed by atoms with Crippen LogP contribution in [0.25, 0.3) is 0 Å². The molecular formula is C20H18F4N4O2. The van der Waals surface area contributed by atoms with Crippen molar-refractivity contribution in [3.8, 4) is 0 Å². The molecule has 2 heterocycles. The van der Waals surface area contributed by atoms with Crippen LogP contribution in [0.4, 0.5) is 23.2 Å². The van der Waals surface area contributed by atoms with Crippen molar-refractivity contribution >= 4 is 17.5 Å². The minimum atomic E-state index is -1.77. The van der Waals surface area contributed by atoms with Gasteiger partial charge in [0.05, 0.1) is 11.3 Å². The molecule has 2 aliphatic heterocycles. The van der Waals surface area contributed by atoms with E-state index >= 15 is 0 Å². The molecule has 0 saturated carbocycles. The van der Waals surface area contributed by atoms with Gasteiger partial charge in [-0.3, -0.25) is 4.79 Å². The number of hydrazone groups is 1. The Labute approximate surface area is 169 Å². The average molecular weight is 422 g/mol. The van der Waals surface area contributed by atoms with Crippen LogP contribution in [0.1, 0.15) is 24.5 Å². The largest absolute Gasteiger partial charge is 0.442 e. The van der Waals surface area contributed by atoms with Crippen molar-refractivity contribution in [1.29, 1.82) is 0 Å². The Bertz CT molecular complexity index is 1060. The second kappa shape index (κ2) is 7.28. The molecule has 0 radical (unpaired) electrons. The van der Waals surface area contributed by atoms with Gasteiger partial charge in [0, 0.05) is 31.0 Å². The number of hydrogen-bond acceptors (Lipinski definition) is 5. The molecule has 0 fully saturated rings. The number of nitrogens with one attached hydrogen (secondary N) is 1. The van der Waals surface area contributed by atoms with Gasteiger partial charge < -0.3 is 15.8 Å². The summed E-state index contributed by atoms with van der Waals surface area (Å²) in [5.41, 5.74) is 3.55. The predicted molar refractivity (Wildman–Crippen MR) is 100 cm³/mol. The van der Waals surface area contributed by atoms with E-state index in [4.69, 9.17) is 10.5 Å². The minimum absolute atomic E-state index is 0.0181. The van der Waals surface area contributed by atoms with E-state index in [-0.39, 0.29) is 35.8 Å². The number of amides is 1. The summed E-state index contributed by atoms with van der Waals surface area (Å²) in [5.74, 6) is -4.91. The number of nitrogens with zero attached hydrogens (tertiary/aromatic N) is 2. The van der Waals surface area contributed by atoms with Crippen molar-refractivity contribution in [3.63, 3.8) is 0 Å². The smallest absolute Gasteiger partial charge is 0.244 e. The summed E-state index contributed by atoms with van der Waals surface area (Å²) >= 11 is 0. The van der Waals surface area contributed by atoms with Crippen LogP contribution in [0.15, 0.2) is 35.4 Å². The quantitative estimate of drug-likeness (QED) is 0.746. The molecule has 1 spiro atoms. The minimum Gasteiger partial charge on any atom is -0.442 e. The van der Waals surface area contributed by atoms with Gasteiger partial charge in [-0.1, -0.05) is 0 Å². The lowest BCUT2D eigenvalue weighted by atomic mass is 9.81. The van der Waals surface area contributed by atoms with Crippen LogP contribution in [0.2, 0.25) is 0 Å². The fourth-order valence-electron chi connectivity index (χ4n) is 3.99. The number of fused-ring (bicyclic) bond motifs is 2. The zero-order chi connectivity index (χ0) is 21.6. The Kier molecular flexibility index (Phi) is 4.89. The van der Waals surface area contributed by atoms with Crippen LogP contribution in [0, 0.1) is 29.2 Å². The molecule has 2 unspecified atom stereocenters. The molecule has 158 valence electrons. The molecule has 0 saturated heterocycles. The number of ether oxygens (including phenoxy) is 1. The number of benzene rings is 2. The van der Waals surface area contributed by atoms with Crippen molar-refractivity contribution in [2.24, 2.45) is 16.8 Å². The maximum Gasteiger partial charge on any atom is 0.244 e. The molecule has 6 nitrogen and oxygen atoms in total. The van der Waals surface area contributed by atoms with Gasteiger partial charge in [-0.2, -0.15) is 5.01 Å². The van der Waals surface area contributed by atoms with Gasteiger partial charge in [-0.05, 0) is 37.2 Å². The van der Waals surface area contributed by atoms with Gasteiger partial charge in [0.15, 0.2) is 0 Å². The van der Waals surface area contributed by atoms with Crippen molar-refractivity contribution in [2.75, 3.05) is 18.4 Å². The Hall–Kier alpha value is -3.14. The van der Waals surface area contributed by atoms with Crippen molar-refractivity contribution in [2.45, 2.75) is 19.1 Å². The van der Waals surface area contributed by atoms with E-state index in [2.05, 4.69) is 10.4 Å². The number of anilines is 1. The summed E-state index contributed by atoms with van der Waals surface area (Å²) < 4.78 is 62.8. The summed E-state index contributed by atoms with van der Waals surface area (Å²) in [6.07, 6.45) is 0.294. The van der Waals surface area contributed by atoms with E-state index in [0.717, 1.165) is 29.3 Å². The fraction of sp³-hybridized carbons (Fsp3) is 0.300. The van der Waals surface area contributed by atoms with Crippen molar-refractivity contribution in [1.82, 2.24) is 5.01 Å². The van der Waals surface area contributed by atoms with Gasteiger partial charge in [0.25, 0.3) is 0 Å². The maximum atomic E-state index is 14.5. The molecule has 2 aliphatic rings. The lowest BCUT2D eigenvalue weighted by molar-refractivity contribution is -0.160. The lowest BCUT2D eigenvalue weighted by Crippen LogP contribution is -2.55. The third kappa shape index (κ3) is 2.98. The summed E-state index contributed by atoms with van der Waals surface area (Å²) in [5, 5.41) is 7.89. The topological polar surface area (TPSA) is 80.0 Å². The number of carbonyl (C=O) groups is 1. The molecule has 1 amide bonds. The van der Waals surface area contributed by atoms with Crippen molar-refractivity contribution in [3.05, 3.63) is 64.7 Å². The van der Waals surface area contributed by atoms with Gasteiger partial charge >= 0.3 is 0 Å². The summed E-state index contributed by atoms with van der Waals surface area (Å²) in [4.78, 5) is 12.5. The third-order valence-electron chi connectivity index (χ3n) is 5.25. The SMILES string of the molecule is CC(=O)N1N=C(c2cc(F)ccc2F)OC12c1cc(F)cc(F)c1NCC2CCN. The predicted octanol–water partition coefficient (Wildman–Crippen LogP) is 3.03. The zero-order valence-corrected chi connectivity index (χ0v) is 15.9. The molecule has 2 atom stereocenters. The van der Waals surface area contributed by atoms with Crippen LogP contribution in [-0.2, 0) is 15.3 Å². The lowest BCUT2D eigenvalue weighted by Gasteiger charge is -2.45. The molecule has 2 aromatic carbocycles. The molecule has 0 aliphatic carbocycles. The van der Waals surface area contributed by atoms with E-state index in [1.807, 2.05) is 0 Å². The normalized spacial score (nSPS) is 22.4. The first-order chi connectivity index (χ1) is 14.3. The first kappa shape index (κ1) is 20.1. The molecule has 10 heteroatoms. The molecule has 0 aromatic heterocycles. The number of halogens is 4. The Morgan fingerprint density at radius 1 is 1.23 bits per heavy atom.